The number of hydrogen-bond acceptors (Lipinski definition) is 4. The summed E-state index contributed by atoms with van der Waals surface area (Å²) < 4.78 is 5.28. The third-order valence-corrected chi connectivity index (χ3v) is 4.10. The SMILES string of the molecule is COCC1CCN(c2ccncc2CNCC(C)C)CC1. The van der Waals surface area contributed by atoms with Crippen LogP contribution in [0, 0.1) is 11.8 Å². The fraction of sp³-hybridized carbons (Fsp3) is 0.706. The first-order valence-corrected chi connectivity index (χ1v) is 8.08. The average molecular weight is 291 g/mol. The number of nitrogens with one attached hydrogen (secondary N) is 1. The van der Waals surface area contributed by atoms with Gasteiger partial charge in [-0.25, -0.2) is 0 Å². The fourth-order valence-electron chi connectivity index (χ4n) is 2.94. The molecule has 0 amide bonds. The topological polar surface area (TPSA) is 37.4 Å². The molecule has 0 spiro atoms. The molecule has 0 radical (unpaired) electrons. The molecule has 4 heteroatoms. The van der Waals surface area contributed by atoms with E-state index >= 15 is 0 Å². The van der Waals surface area contributed by atoms with E-state index in [1.54, 1.807) is 7.11 Å². The number of methoxy groups -OCH3 is 1. The van der Waals surface area contributed by atoms with Crippen LogP contribution in [-0.4, -0.2) is 38.3 Å². The van der Waals surface area contributed by atoms with Crippen molar-refractivity contribution in [3.05, 3.63) is 24.0 Å². The number of hydrogen-bond donors (Lipinski definition) is 1. The highest BCUT2D eigenvalue weighted by molar-refractivity contribution is 5.52. The summed E-state index contributed by atoms with van der Waals surface area (Å²) in [5.74, 6) is 1.39. The van der Waals surface area contributed by atoms with Crippen LogP contribution in [0.5, 0.6) is 0 Å². The van der Waals surface area contributed by atoms with Crippen LogP contribution in [0.4, 0.5) is 5.69 Å². The molecular weight excluding hydrogens is 262 g/mol. The zero-order valence-corrected chi connectivity index (χ0v) is 13.6. The second kappa shape index (κ2) is 8.35. The largest absolute Gasteiger partial charge is 0.384 e. The molecule has 4 nitrogen and oxygen atoms in total. The van der Waals surface area contributed by atoms with Gasteiger partial charge in [0.1, 0.15) is 0 Å². The molecule has 0 saturated carbocycles. The van der Waals surface area contributed by atoms with Gasteiger partial charge in [-0.05, 0) is 37.3 Å². The number of aromatic nitrogens is 1. The van der Waals surface area contributed by atoms with E-state index in [0.29, 0.717) is 5.92 Å². The summed E-state index contributed by atoms with van der Waals surface area (Å²) in [4.78, 5) is 6.80. The molecule has 1 aromatic heterocycles. The van der Waals surface area contributed by atoms with E-state index in [2.05, 4.69) is 35.1 Å². The van der Waals surface area contributed by atoms with Gasteiger partial charge in [0, 0.05) is 57.0 Å². The van der Waals surface area contributed by atoms with Crippen molar-refractivity contribution in [1.29, 1.82) is 0 Å². The quantitative estimate of drug-likeness (QED) is 0.838. The van der Waals surface area contributed by atoms with Gasteiger partial charge in [0.05, 0.1) is 0 Å². The van der Waals surface area contributed by atoms with E-state index in [4.69, 9.17) is 4.74 Å². The van der Waals surface area contributed by atoms with E-state index in [1.165, 1.54) is 24.1 Å². The Morgan fingerprint density at radius 2 is 2.14 bits per heavy atom. The molecule has 0 bridgehead atoms. The van der Waals surface area contributed by atoms with Crippen LogP contribution in [-0.2, 0) is 11.3 Å². The molecule has 2 rings (SSSR count). The minimum absolute atomic E-state index is 0.676. The van der Waals surface area contributed by atoms with Crippen molar-refractivity contribution in [1.82, 2.24) is 10.3 Å². The van der Waals surface area contributed by atoms with Crippen LogP contribution in [0.15, 0.2) is 18.5 Å². The molecule has 1 saturated heterocycles. The minimum atomic E-state index is 0.676. The molecule has 0 unspecified atom stereocenters. The molecule has 2 heterocycles. The van der Waals surface area contributed by atoms with Crippen LogP contribution in [0.3, 0.4) is 0 Å². The molecule has 0 aromatic carbocycles. The molecular formula is C17H29N3O. The summed E-state index contributed by atoms with van der Waals surface area (Å²) in [6, 6.07) is 2.16. The summed E-state index contributed by atoms with van der Waals surface area (Å²) >= 11 is 0. The lowest BCUT2D eigenvalue weighted by Crippen LogP contribution is -2.36. The van der Waals surface area contributed by atoms with Crippen molar-refractivity contribution < 1.29 is 4.74 Å². The van der Waals surface area contributed by atoms with Crippen molar-refractivity contribution in [2.75, 3.05) is 38.3 Å². The molecule has 1 fully saturated rings. The van der Waals surface area contributed by atoms with Gasteiger partial charge in [0.15, 0.2) is 0 Å². The van der Waals surface area contributed by atoms with Crippen molar-refractivity contribution in [2.24, 2.45) is 11.8 Å². The molecule has 0 aliphatic carbocycles. The first kappa shape index (κ1) is 16.2. The van der Waals surface area contributed by atoms with Crippen molar-refractivity contribution in [3.63, 3.8) is 0 Å². The van der Waals surface area contributed by atoms with Crippen LogP contribution in [0.25, 0.3) is 0 Å². The van der Waals surface area contributed by atoms with Gasteiger partial charge in [-0.3, -0.25) is 4.98 Å². The third kappa shape index (κ3) is 4.97. The Labute approximate surface area is 128 Å². The zero-order chi connectivity index (χ0) is 15.1. The number of rotatable bonds is 7. The maximum absolute atomic E-state index is 5.28. The Kier molecular flexibility index (Phi) is 6.46. The smallest absolute Gasteiger partial charge is 0.0491 e. The zero-order valence-electron chi connectivity index (χ0n) is 13.6. The van der Waals surface area contributed by atoms with Gasteiger partial charge in [0.2, 0.25) is 0 Å². The number of piperidine rings is 1. The van der Waals surface area contributed by atoms with E-state index in [-0.39, 0.29) is 0 Å². The Hall–Kier alpha value is -1.13. The van der Waals surface area contributed by atoms with E-state index in [0.717, 1.165) is 38.7 Å². The Morgan fingerprint density at radius 1 is 1.38 bits per heavy atom. The van der Waals surface area contributed by atoms with Crippen molar-refractivity contribution in [3.8, 4) is 0 Å². The summed E-state index contributed by atoms with van der Waals surface area (Å²) in [6.45, 7) is 9.55. The predicted octanol–water partition coefficient (Wildman–Crippen LogP) is 2.69. The number of nitrogens with zero attached hydrogens (tertiary/aromatic N) is 2. The number of ether oxygens (including phenoxy) is 1. The van der Waals surface area contributed by atoms with E-state index in [9.17, 15) is 0 Å². The fourth-order valence-corrected chi connectivity index (χ4v) is 2.94. The van der Waals surface area contributed by atoms with Crippen LogP contribution < -0.4 is 10.2 Å². The Bertz CT molecular complexity index is 414. The Balaban J connectivity index is 1.93. The molecule has 118 valence electrons. The summed E-state index contributed by atoms with van der Waals surface area (Å²) in [7, 11) is 1.80. The second-order valence-electron chi connectivity index (χ2n) is 6.41. The van der Waals surface area contributed by atoms with E-state index < -0.39 is 0 Å². The summed E-state index contributed by atoms with van der Waals surface area (Å²) in [5.41, 5.74) is 2.65. The minimum Gasteiger partial charge on any atom is -0.384 e. The summed E-state index contributed by atoms with van der Waals surface area (Å²) in [5, 5.41) is 3.52. The lowest BCUT2D eigenvalue weighted by molar-refractivity contribution is 0.139. The van der Waals surface area contributed by atoms with Gasteiger partial charge in [-0.2, -0.15) is 0 Å². The standard InChI is InChI=1S/C17H29N3O/c1-14(2)10-19-12-16-11-18-7-4-17(16)20-8-5-15(6-9-20)13-21-3/h4,7,11,14-15,19H,5-6,8-10,12-13H2,1-3H3. The van der Waals surface area contributed by atoms with Gasteiger partial charge in [-0.1, -0.05) is 13.8 Å². The molecule has 1 N–H and O–H groups in total. The highest BCUT2D eigenvalue weighted by Crippen LogP contribution is 2.26. The second-order valence-corrected chi connectivity index (χ2v) is 6.41. The van der Waals surface area contributed by atoms with Crippen LogP contribution in [0.2, 0.25) is 0 Å². The van der Waals surface area contributed by atoms with Gasteiger partial charge in [-0.15, -0.1) is 0 Å². The lowest BCUT2D eigenvalue weighted by Gasteiger charge is -2.34. The first-order chi connectivity index (χ1) is 10.2. The highest BCUT2D eigenvalue weighted by atomic mass is 16.5. The van der Waals surface area contributed by atoms with Crippen LogP contribution in [0.1, 0.15) is 32.3 Å². The molecule has 1 aromatic rings. The molecule has 1 aliphatic rings. The molecule has 21 heavy (non-hydrogen) atoms. The van der Waals surface area contributed by atoms with Crippen molar-refractivity contribution in [2.45, 2.75) is 33.2 Å². The number of anilines is 1. The predicted molar refractivity (Wildman–Crippen MR) is 87.6 cm³/mol. The van der Waals surface area contributed by atoms with Gasteiger partial charge >= 0.3 is 0 Å². The third-order valence-electron chi connectivity index (χ3n) is 4.10. The molecule has 1 aliphatic heterocycles. The summed E-state index contributed by atoms with van der Waals surface area (Å²) in [6.07, 6.45) is 6.34. The first-order valence-electron chi connectivity index (χ1n) is 8.08. The van der Waals surface area contributed by atoms with Gasteiger partial charge in [0.25, 0.3) is 0 Å². The maximum Gasteiger partial charge on any atom is 0.0491 e. The monoisotopic (exact) mass is 291 g/mol. The highest BCUT2D eigenvalue weighted by Gasteiger charge is 2.20. The number of pyridine rings is 1. The maximum atomic E-state index is 5.28. The van der Waals surface area contributed by atoms with Crippen molar-refractivity contribution >= 4 is 5.69 Å². The lowest BCUT2D eigenvalue weighted by atomic mass is 9.97. The van der Waals surface area contributed by atoms with E-state index in [1.807, 2.05) is 12.4 Å². The normalized spacial score (nSPS) is 16.7. The average Bonchev–Trinajstić information content (AvgIpc) is 2.49. The Morgan fingerprint density at radius 3 is 2.81 bits per heavy atom. The van der Waals surface area contributed by atoms with Crippen LogP contribution >= 0.6 is 0 Å². The molecule has 0 atom stereocenters. The van der Waals surface area contributed by atoms with Gasteiger partial charge < -0.3 is 15.0 Å².